The molecule has 0 heterocycles. The Labute approximate surface area is 234 Å². The number of benzene rings is 3. The maximum absolute atomic E-state index is 13.1. The summed E-state index contributed by atoms with van der Waals surface area (Å²) in [4.78, 5) is 29.1. The van der Waals surface area contributed by atoms with Gasteiger partial charge in [0.1, 0.15) is 11.8 Å². The van der Waals surface area contributed by atoms with Gasteiger partial charge in [-0.3, -0.25) is 19.7 Å². The second-order valence-electron chi connectivity index (χ2n) is 8.16. The maximum Gasteiger partial charge on any atom is 0.376 e. The highest BCUT2D eigenvalue weighted by Gasteiger charge is 2.44. The van der Waals surface area contributed by atoms with Crippen molar-refractivity contribution in [3.8, 4) is 16.9 Å². The number of hydrogen-bond donors (Lipinski definition) is 3. The summed E-state index contributed by atoms with van der Waals surface area (Å²) in [5, 5.41) is 19.6. The molecule has 11 heteroatoms. The Hall–Kier alpha value is -2.99. The fraction of sp³-hybridized carbons (Fsp3) is 0.259. The SMILES string of the molecule is CON(C)C(=O)C(Cl)(OCc1cccc(-c2ccccc2)c1Br)Oc1ccc(CNC(CO)C(=O)O)cc1. The Morgan fingerprint density at radius 3 is 2.37 bits per heavy atom. The Balaban J connectivity index is 1.78. The van der Waals surface area contributed by atoms with Crippen molar-refractivity contribution in [3.63, 3.8) is 0 Å². The van der Waals surface area contributed by atoms with Crippen LogP contribution in [-0.4, -0.2) is 59.2 Å². The molecular weight excluding hydrogens is 580 g/mol. The molecule has 0 saturated heterocycles. The fourth-order valence-corrected chi connectivity index (χ4v) is 4.28. The molecule has 3 aromatic rings. The van der Waals surface area contributed by atoms with Crippen molar-refractivity contribution in [1.29, 1.82) is 0 Å². The zero-order valence-corrected chi connectivity index (χ0v) is 23.1. The smallest absolute Gasteiger partial charge is 0.376 e. The molecule has 202 valence electrons. The van der Waals surface area contributed by atoms with Gasteiger partial charge in [0.2, 0.25) is 0 Å². The molecule has 0 aliphatic carbocycles. The summed E-state index contributed by atoms with van der Waals surface area (Å²) in [6, 6.07) is 20.9. The first kappa shape index (κ1) is 29.6. The molecule has 0 bridgehead atoms. The van der Waals surface area contributed by atoms with Crippen LogP contribution in [0, 0.1) is 0 Å². The molecule has 3 aromatic carbocycles. The molecule has 0 aliphatic rings. The van der Waals surface area contributed by atoms with Crippen LogP contribution < -0.4 is 10.1 Å². The normalized spacial score (nSPS) is 13.4. The van der Waals surface area contributed by atoms with Crippen LogP contribution in [0.1, 0.15) is 11.1 Å². The van der Waals surface area contributed by atoms with Crippen LogP contribution in [0.4, 0.5) is 0 Å². The number of carboxylic acid groups (broad SMARTS) is 1. The monoisotopic (exact) mass is 606 g/mol. The van der Waals surface area contributed by atoms with Crippen molar-refractivity contribution in [2.24, 2.45) is 0 Å². The van der Waals surface area contributed by atoms with E-state index in [4.69, 9.17) is 36.1 Å². The minimum Gasteiger partial charge on any atom is -0.480 e. The van der Waals surface area contributed by atoms with Gasteiger partial charge < -0.3 is 19.7 Å². The summed E-state index contributed by atoms with van der Waals surface area (Å²) in [6.45, 7) is -0.409. The lowest BCUT2D eigenvalue weighted by Crippen LogP contribution is -2.49. The molecule has 1 amide bonds. The highest BCUT2D eigenvalue weighted by atomic mass is 79.9. The zero-order valence-electron chi connectivity index (χ0n) is 20.8. The fourth-order valence-electron chi connectivity index (χ4n) is 3.41. The van der Waals surface area contributed by atoms with Crippen LogP contribution in [-0.2, 0) is 32.3 Å². The molecule has 9 nitrogen and oxygen atoms in total. The summed E-state index contributed by atoms with van der Waals surface area (Å²) in [5.74, 6) is -1.70. The van der Waals surface area contributed by atoms with E-state index in [1.807, 2.05) is 48.5 Å². The summed E-state index contributed by atoms with van der Waals surface area (Å²) in [5.41, 5.74) is 3.42. The van der Waals surface area contributed by atoms with Gasteiger partial charge in [0.25, 0.3) is 0 Å². The van der Waals surface area contributed by atoms with Crippen molar-refractivity contribution in [3.05, 3.63) is 88.4 Å². The van der Waals surface area contributed by atoms with E-state index in [9.17, 15) is 9.59 Å². The highest BCUT2D eigenvalue weighted by Crippen LogP contribution is 2.33. The second kappa shape index (κ2) is 13.7. The van der Waals surface area contributed by atoms with E-state index < -0.39 is 29.8 Å². The number of rotatable bonds is 13. The number of nitrogens with one attached hydrogen (secondary N) is 1. The van der Waals surface area contributed by atoms with Crippen molar-refractivity contribution >= 4 is 39.4 Å². The molecule has 2 atom stereocenters. The Morgan fingerprint density at radius 2 is 1.76 bits per heavy atom. The van der Waals surface area contributed by atoms with Crippen LogP contribution in [0.5, 0.6) is 5.75 Å². The third-order valence-electron chi connectivity index (χ3n) is 5.60. The van der Waals surface area contributed by atoms with Crippen LogP contribution in [0.25, 0.3) is 11.1 Å². The lowest BCUT2D eigenvalue weighted by Gasteiger charge is -2.29. The first-order valence-electron chi connectivity index (χ1n) is 11.5. The molecule has 0 saturated carbocycles. The topological polar surface area (TPSA) is 118 Å². The number of halogens is 2. The first-order chi connectivity index (χ1) is 18.2. The molecule has 0 aromatic heterocycles. The molecule has 38 heavy (non-hydrogen) atoms. The number of hydrogen-bond acceptors (Lipinski definition) is 7. The minimum absolute atomic E-state index is 0.0617. The van der Waals surface area contributed by atoms with Gasteiger partial charge in [-0.05, 0) is 61.9 Å². The van der Waals surface area contributed by atoms with E-state index in [1.54, 1.807) is 24.3 Å². The van der Waals surface area contributed by atoms with E-state index in [1.165, 1.54) is 14.2 Å². The van der Waals surface area contributed by atoms with Crippen molar-refractivity contribution in [1.82, 2.24) is 10.4 Å². The minimum atomic E-state index is -2.25. The molecule has 0 spiro atoms. The number of hydroxylamine groups is 2. The molecule has 0 radical (unpaired) electrons. The largest absolute Gasteiger partial charge is 0.480 e. The van der Waals surface area contributed by atoms with Crippen LogP contribution in [0.15, 0.2) is 77.3 Å². The quantitative estimate of drug-likeness (QED) is 0.151. The number of ether oxygens (including phenoxy) is 2. The number of nitrogens with zero attached hydrogens (tertiary/aromatic N) is 1. The van der Waals surface area contributed by atoms with Crippen molar-refractivity contribution in [2.75, 3.05) is 20.8 Å². The van der Waals surface area contributed by atoms with Crippen molar-refractivity contribution in [2.45, 2.75) is 24.4 Å². The number of aliphatic hydroxyl groups excluding tert-OH is 1. The second-order valence-corrected chi connectivity index (χ2v) is 9.45. The number of likely N-dealkylation sites (N-methyl/N-ethyl adjacent to an activating group) is 1. The Morgan fingerprint density at radius 1 is 1.08 bits per heavy atom. The predicted molar refractivity (Wildman–Crippen MR) is 145 cm³/mol. The van der Waals surface area contributed by atoms with E-state index in [0.29, 0.717) is 0 Å². The summed E-state index contributed by atoms with van der Waals surface area (Å²) in [7, 11) is 2.70. The molecule has 3 rings (SSSR count). The number of alkyl halides is 1. The first-order valence-corrected chi connectivity index (χ1v) is 12.7. The van der Waals surface area contributed by atoms with E-state index >= 15 is 0 Å². The van der Waals surface area contributed by atoms with Gasteiger partial charge in [-0.25, -0.2) is 5.06 Å². The Kier molecular flexibility index (Phi) is 10.7. The number of carboxylic acids is 1. The highest BCUT2D eigenvalue weighted by molar-refractivity contribution is 9.10. The van der Waals surface area contributed by atoms with Crippen LogP contribution in [0.2, 0.25) is 0 Å². The third kappa shape index (κ3) is 7.53. The molecular formula is C27H28BrClN2O7. The van der Waals surface area contributed by atoms with Crippen LogP contribution >= 0.6 is 27.5 Å². The standard InChI is InChI=1S/C27H28BrClN2O7/c1-31(36-2)26(35)27(29,38-21-13-11-18(12-14-21)15-30-23(16-32)25(33)34)37-17-20-9-6-10-22(24(20)28)19-7-4-3-5-8-19/h3-14,23,30,32H,15-17H2,1-2H3,(H,33,34). The maximum atomic E-state index is 13.1. The summed E-state index contributed by atoms with van der Waals surface area (Å²) in [6.07, 6.45) is 0. The number of aliphatic carboxylic acids is 1. The Bertz CT molecular complexity index is 1230. The van der Waals surface area contributed by atoms with Gasteiger partial charge in [0.05, 0.1) is 20.3 Å². The van der Waals surface area contributed by atoms with Gasteiger partial charge in [-0.15, -0.1) is 0 Å². The molecule has 2 unspecified atom stereocenters. The van der Waals surface area contributed by atoms with Gasteiger partial charge in [0, 0.05) is 18.1 Å². The number of carbonyl (C=O) groups excluding carboxylic acids is 1. The van der Waals surface area contributed by atoms with E-state index in [-0.39, 0.29) is 18.9 Å². The average molecular weight is 608 g/mol. The van der Waals surface area contributed by atoms with Crippen LogP contribution in [0.3, 0.4) is 0 Å². The number of amides is 1. The van der Waals surface area contributed by atoms with E-state index in [0.717, 1.165) is 31.8 Å². The van der Waals surface area contributed by atoms with Crippen molar-refractivity contribution < 1.29 is 34.1 Å². The number of carbonyl (C=O) groups is 2. The van der Waals surface area contributed by atoms with E-state index in [2.05, 4.69) is 21.2 Å². The summed E-state index contributed by atoms with van der Waals surface area (Å²) >= 11 is 10.3. The summed E-state index contributed by atoms with van der Waals surface area (Å²) < 4.78 is 12.5. The lowest BCUT2D eigenvalue weighted by molar-refractivity contribution is -0.210. The average Bonchev–Trinajstić information content (AvgIpc) is 2.93. The third-order valence-corrected chi connectivity index (χ3v) is 6.88. The predicted octanol–water partition coefficient (Wildman–Crippen LogP) is 4.16. The lowest BCUT2D eigenvalue weighted by atomic mass is 10.0. The van der Waals surface area contributed by atoms with Gasteiger partial charge in [-0.1, -0.05) is 60.7 Å². The zero-order chi connectivity index (χ0) is 27.7. The van der Waals surface area contributed by atoms with Gasteiger partial charge in [-0.2, -0.15) is 0 Å². The number of aliphatic hydroxyl groups is 1. The van der Waals surface area contributed by atoms with Gasteiger partial charge in [0.15, 0.2) is 0 Å². The molecule has 0 fully saturated rings. The molecule has 0 aliphatic heterocycles. The molecule has 3 N–H and O–H groups in total. The van der Waals surface area contributed by atoms with Gasteiger partial charge >= 0.3 is 17.1 Å².